The molecular formula is C10H17N3OS. The van der Waals surface area contributed by atoms with Crippen LogP contribution in [0.4, 0.5) is 0 Å². The number of aryl methyl sites for hydroxylation is 1. The average molecular weight is 227 g/mol. The summed E-state index contributed by atoms with van der Waals surface area (Å²) in [6.07, 6.45) is 2.54. The molecule has 0 aromatic carbocycles. The highest BCUT2D eigenvalue weighted by molar-refractivity contribution is 7.07. The molecule has 84 valence electrons. The van der Waals surface area contributed by atoms with Crippen LogP contribution >= 0.6 is 11.3 Å². The van der Waals surface area contributed by atoms with Crippen molar-refractivity contribution >= 4 is 17.2 Å². The number of carbonyl (C=O) groups is 1. The van der Waals surface area contributed by atoms with Gasteiger partial charge in [-0.1, -0.05) is 13.8 Å². The molecule has 0 aliphatic rings. The molecule has 1 aromatic heterocycles. The Kier molecular flexibility index (Phi) is 4.23. The molecule has 0 aliphatic heterocycles. The molecule has 1 atom stereocenters. The molecule has 0 fully saturated rings. The number of thiazole rings is 1. The van der Waals surface area contributed by atoms with Crippen molar-refractivity contribution in [3.63, 3.8) is 0 Å². The SMILES string of the molecule is CC(C)C[C@H](N)C(=O)N=c1sccn1C. The second kappa shape index (κ2) is 5.23. The lowest BCUT2D eigenvalue weighted by molar-refractivity contribution is -0.119. The first-order valence-electron chi connectivity index (χ1n) is 4.95. The first kappa shape index (κ1) is 12.1. The van der Waals surface area contributed by atoms with Crippen LogP contribution in [-0.4, -0.2) is 16.5 Å². The van der Waals surface area contributed by atoms with Crippen LogP contribution < -0.4 is 10.5 Å². The van der Waals surface area contributed by atoms with Crippen LogP contribution in [0.15, 0.2) is 16.6 Å². The van der Waals surface area contributed by atoms with E-state index in [0.29, 0.717) is 17.1 Å². The molecule has 1 heterocycles. The van der Waals surface area contributed by atoms with Crippen molar-refractivity contribution < 1.29 is 4.79 Å². The van der Waals surface area contributed by atoms with E-state index in [1.54, 1.807) is 0 Å². The van der Waals surface area contributed by atoms with Crippen LogP contribution in [-0.2, 0) is 11.8 Å². The van der Waals surface area contributed by atoms with Crippen molar-refractivity contribution in [1.29, 1.82) is 0 Å². The number of hydrogen-bond donors (Lipinski definition) is 1. The number of nitrogens with two attached hydrogens (primary N) is 1. The zero-order valence-corrected chi connectivity index (χ0v) is 10.1. The van der Waals surface area contributed by atoms with Gasteiger partial charge in [-0.15, -0.1) is 11.3 Å². The van der Waals surface area contributed by atoms with Crippen LogP contribution in [0.1, 0.15) is 20.3 Å². The fourth-order valence-electron chi connectivity index (χ4n) is 1.22. The third-order valence-corrected chi connectivity index (χ3v) is 2.86. The van der Waals surface area contributed by atoms with Crippen LogP contribution in [0.3, 0.4) is 0 Å². The largest absolute Gasteiger partial charge is 0.327 e. The molecule has 5 heteroatoms. The highest BCUT2D eigenvalue weighted by atomic mass is 32.1. The van der Waals surface area contributed by atoms with Gasteiger partial charge in [0.1, 0.15) is 0 Å². The maximum atomic E-state index is 11.6. The fraction of sp³-hybridized carbons (Fsp3) is 0.600. The number of hydrogen-bond acceptors (Lipinski definition) is 3. The van der Waals surface area contributed by atoms with Crippen molar-refractivity contribution in [1.82, 2.24) is 4.57 Å². The zero-order chi connectivity index (χ0) is 11.4. The van der Waals surface area contributed by atoms with E-state index in [-0.39, 0.29) is 5.91 Å². The van der Waals surface area contributed by atoms with Crippen molar-refractivity contribution in [3.05, 3.63) is 16.4 Å². The Bertz CT molecular complexity index is 391. The van der Waals surface area contributed by atoms with Crippen molar-refractivity contribution in [2.45, 2.75) is 26.3 Å². The summed E-state index contributed by atoms with van der Waals surface area (Å²) in [6.45, 7) is 4.08. The summed E-state index contributed by atoms with van der Waals surface area (Å²) < 4.78 is 1.81. The maximum Gasteiger partial charge on any atom is 0.265 e. The lowest BCUT2D eigenvalue weighted by atomic mass is 10.0. The predicted molar refractivity (Wildman–Crippen MR) is 61.3 cm³/mol. The van der Waals surface area contributed by atoms with E-state index in [1.807, 2.05) is 37.0 Å². The Labute approximate surface area is 93.5 Å². The number of amides is 1. The normalized spacial score (nSPS) is 14.6. The summed E-state index contributed by atoms with van der Waals surface area (Å²) in [5.41, 5.74) is 5.74. The number of aromatic nitrogens is 1. The second-order valence-electron chi connectivity index (χ2n) is 3.98. The Balaban J connectivity index is 2.75. The molecule has 15 heavy (non-hydrogen) atoms. The highest BCUT2D eigenvalue weighted by Crippen LogP contribution is 2.03. The molecule has 1 rings (SSSR count). The van der Waals surface area contributed by atoms with Gasteiger partial charge >= 0.3 is 0 Å². The molecule has 0 unspecified atom stereocenters. The highest BCUT2D eigenvalue weighted by Gasteiger charge is 2.13. The Morgan fingerprint density at radius 3 is 2.80 bits per heavy atom. The summed E-state index contributed by atoms with van der Waals surface area (Å²) in [7, 11) is 1.86. The lowest BCUT2D eigenvalue weighted by Crippen LogP contribution is -2.32. The van der Waals surface area contributed by atoms with Gasteiger partial charge in [-0.05, 0) is 12.3 Å². The minimum Gasteiger partial charge on any atom is -0.327 e. The van der Waals surface area contributed by atoms with Gasteiger partial charge in [-0.2, -0.15) is 4.99 Å². The first-order chi connectivity index (χ1) is 7.00. The van der Waals surface area contributed by atoms with Gasteiger partial charge < -0.3 is 10.3 Å². The summed E-state index contributed by atoms with van der Waals surface area (Å²) in [5.74, 6) is 0.179. The van der Waals surface area contributed by atoms with Gasteiger partial charge in [0.05, 0.1) is 6.04 Å². The van der Waals surface area contributed by atoms with E-state index < -0.39 is 6.04 Å². The van der Waals surface area contributed by atoms with E-state index in [4.69, 9.17) is 5.73 Å². The molecule has 2 N–H and O–H groups in total. The maximum absolute atomic E-state index is 11.6. The van der Waals surface area contributed by atoms with Crippen LogP contribution in [0, 0.1) is 5.92 Å². The van der Waals surface area contributed by atoms with Gasteiger partial charge in [-0.3, -0.25) is 4.79 Å². The van der Waals surface area contributed by atoms with Crippen molar-refractivity contribution in [2.24, 2.45) is 23.7 Å². The van der Waals surface area contributed by atoms with Crippen molar-refractivity contribution in [3.8, 4) is 0 Å². The molecule has 0 saturated heterocycles. The third kappa shape index (κ3) is 3.60. The molecular weight excluding hydrogens is 210 g/mol. The molecule has 0 bridgehead atoms. The molecule has 0 saturated carbocycles. The standard InChI is InChI=1S/C10H17N3OS/c1-7(2)6-8(11)9(14)12-10-13(3)4-5-15-10/h4-5,7-8H,6,11H2,1-3H3/t8-/m0/s1. The van der Waals surface area contributed by atoms with E-state index in [2.05, 4.69) is 4.99 Å². The van der Waals surface area contributed by atoms with E-state index in [1.165, 1.54) is 11.3 Å². The summed E-state index contributed by atoms with van der Waals surface area (Å²) >= 11 is 1.43. The predicted octanol–water partition coefficient (Wildman–Crippen LogP) is 0.887. The topological polar surface area (TPSA) is 60.4 Å². The summed E-state index contributed by atoms with van der Waals surface area (Å²) in [4.78, 5) is 16.3. The first-order valence-corrected chi connectivity index (χ1v) is 5.83. The number of carbonyl (C=O) groups excluding carboxylic acids is 1. The average Bonchev–Trinajstić information content (AvgIpc) is 2.50. The summed E-state index contributed by atoms with van der Waals surface area (Å²) in [5, 5.41) is 1.89. The molecule has 0 aliphatic carbocycles. The quantitative estimate of drug-likeness (QED) is 0.833. The smallest absolute Gasteiger partial charge is 0.265 e. The van der Waals surface area contributed by atoms with E-state index in [9.17, 15) is 4.79 Å². The molecule has 1 amide bonds. The molecule has 0 radical (unpaired) electrons. The monoisotopic (exact) mass is 227 g/mol. The number of rotatable bonds is 3. The summed E-state index contributed by atoms with van der Waals surface area (Å²) in [6, 6.07) is -0.480. The van der Waals surface area contributed by atoms with Crippen LogP contribution in [0.2, 0.25) is 0 Å². The van der Waals surface area contributed by atoms with Crippen LogP contribution in [0.5, 0.6) is 0 Å². The Morgan fingerprint density at radius 2 is 2.33 bits per heavy atom. The van der Waals surface area contributed by atoms with Gasteiger partial charge in [0.25, 0.3) is 5.91 Å². The van der Waals surface area contributed by atoms with E-state index >= 15 is 0 Å². The van der Waals surface area contributed by atoms with Gasteiger partial charge in [-0.25, -0.2) is 0 Å². The number of nitrogens with zero attached hydrogens (tertiary/aromatic N) is 2. The zero-order valence-electron chi connectivity index (χ0n) is 9.30. The van der Waals surface area contributed by atoms with Crippen molar-refractivity contribution in [2.75, 3.05) is 0 Å². The van der Waals surface area contributed by atoms with Gasteiger partial charge in [0.2, 0.25) is 0 Å². The van der Waals surface area contributed by atoms with Gasteiger partial charge in [0.15, 0.2) is 4.80 Å². The van der Waals surface area contributed by atoms with Crippen LogP contribution in [0.25, 0.3) is 0 Å². The second-order valence-corrected chi connectivity index (χ2v) is 4.86. The Hall–Kier alpha value is -0.940. The molecule has 1 aromatic rings. The van der Waals surface area contributed by atoms with E-state index in [0.717, 1.165) is 0 Å². The molecule has 0 spiro atoms. The minimum absolute atomic E-state index is 0.234. The van der Waals surface area contributed by atoms with Gasteiger partial charge in [0, 0.05) is 18.6 Å². The third-order valence-electron chi connectivity index (χ3n) is 2.01. The fourth-order valence-corrected chi connectivity index (χ4v) is 1.96. The molecule has 4 nitrogen and oxygen atoms in total. The minimum atomic E-state index is -0.480. The Morgan fingerprint density at radius 1 is 1.67 bits per heavy atom. The lowest BCUT2D eigenvalue weighted by Gasteiger charge is -2.09.